The fourth-order valence-corrected chi connectivity index (χ4v) is 2.80. The number of anilines is 1. The molecule has 0 radical (unpaired) electrons. The van der Waals surface area contributed by atoms with E-state index in [1.807, 2.05) is 43.3 Å². The van der Waals surface area contributed by atoms with Gasteiger partial charge in [-0.25, -0.2) is 5.43 Å². The molecule has 2 rings (SSSR count). The summed E-state index contributed by atoms with van der Waals surface area (Å²) in [6, 6.07) is 10.7. The summed E-state index contributed by atoms with van der Waals surface area (Å²) in [6.07, 6.45) is 1.54. The van der Waals surface area contributed by atoms with E-state index >= 15 is 0 Å². The van der Waals surface area contributed by atoms with E-state index in [1.165, 1.54) is 12.1 Å². The Labute approximate surface area is 161 Å². The van der Waals surface area contributed by atoms with Gasteiger partial charge in [0.1, 0.15) is 0 Å². The summed E-state index contributed by atoms with van der Waals surface area (Å²) in [5.74, 6) is -0.241. The fourth-order valence-electron chi connectivity index (χ4n) is 1.87. The van der Waals surface area contributed by atoms with E-state index in [0.29, 0.717) is 5.02 Å². The van der Waals surface area contributed by atoms with Crippen molar-refractivity contribution < 1.29 is 9.53 Å². The van der Waals surface area contributed by atoms with Crippen molar-refractivity contribution in [2.45, 2.75) is 0 Å². The number of halogens is 3. The highest BCUT2D eigenvalue weighted by molar-refractivity contribution is 6.40. The van der Waals surface area contributed by atoms with Crippen molar-refractivity contribution in [3.05, 3.63) is 57.0 Å². The molecule has 0 heterocycles. The van der Waals surface area contributed by atoms with E-state index in [1.54, 1.807) is 6.21 Å². The molecule has 8 heteroatoms. The number of nitrogens with zero attached hydrogens (tertiary/aromatic N) is 2. The number of carbonyl (C=O) groups excluding carboxylic acids is 1. The van der Waals surface area contributed by atoms with Gasteiger partial charge < -0.3 is 9.64 Å². The highest BCUT2D eigenvalue weighted by atomic mass is 35.5. The Hall–Kier alpha value is -1.95. The maximum Gasteiger partial charge on any atom is 0.277 e. The van der Waals surface area contributed by atoms with Gasteiger partial charge >= 0.3 is 0 Å². The maximum absolute atomic E-state index is 11.8. The summed E-state index contributed by atoms with van der Waals surface area (Å²) in [5, 5.41) is 4.73. The largest absolute Gasteiger partial charge is 0.481 e. The van der Waals surface area contributed by atoms with Crippen LogP contribution in [0.4, 0.5) is 5.69 Å². The molecule has 1 N–H and O–H groups in total. The minimum absolute atomic E-state index is 0.200. The smallest absolute Gasteiger partial charge is 0.277 e. The first-order valence-corrected chi connectivity index (χ1v) is 8.37. The molecule has 0 saturated carbocycles. The summed E-state index contributed by atoms with van der Waals surface area (Å²) < 4.78 is 5.32. The first-order chi connectivity index (χ1) is 11.9. The molecule has 0 fully saturated rings. The first kappa shape index (κ1) is 19.4. The molecule has 5 nitrogen and oxygen atoms in total. The topological polar surface area (TPSA) is 53.9 Å². The number of benzene rings is 2. The molecule has 0 aliphatic rings. The third-order valence-corrected chi connectivity index (χ3v) is 3.90. The molecule has 0 aliphatic heterocycles. The highest BCUT2D eigenvalue weighted by Crippen LogP contribution is 2.35. The zero-order valence-electron chi connectivity index (χ0n) is 13.6. The number of hydrogen-bond acceptors (Lipinski definition) is 4. The highest BCUT2D eigenvalue weighted by Gasteiger charge is 2.11. The molecule has 0 aliphatic carbocycles. The average molecular weight is 401 g/mol. The summed E-state index contributed by atoms with van der Waals surface area (Å²) in [4.78, 5) is 13.8. The third-order valence-electron chi connectivity index (χ3n) is 3.12. The molecular weight excluding hydrogens is 385 g/mol. The Morgan fingerprint density at radius 3 is 2.32 bits per heavy atom. The predicted octanol–water partition coefficient (Wildman–Crippen LogP) is 4.24. The molecule has 0 aromatic heterocycles. The quantitative estimate of drug-likeness (QED) is 0.583. The van der Waals surface area contributed by atoms with E-state index in [9.17, 15) is 4.79 Å². The minimum atomic E-state index is -0.441. The summed E-state index contributed by atoms with van der Waals surface area (Å²) in [5.41, 5.74) is 4.30. The lowest BCUT2D eigenvalue weighted by Crippen LogP contribution is -2.24. The molecule has 2 aromatic carbocycles. The van der Waals surface area contributed by atoms with Crippen molar-refractivity contribution in [1.29, 1.82) is 0 Å². The van der Waals surface area contributed by atoms with E-state index in [2.05, 4.69) is 10.5 Å². The molecule has 0 spiro atoms. The standard InChI is InChI=1S/C17H16Cl3N3O2/c1-23(2)13-5-3-11(4-6-13)9-21-22-16(24)10-25-17-14(19)7-12(18)8-15(17)20/h3-9H,10H2,1-2H3,(H,22,24)/b21-9+. The first-order valence-electron chi connectivity index (χ1n) is 7.23. The Balaban J connectivity index is 1.86. The second kappa shape index (κ2) is 8.94. The maximum atomic E-state index is 11.8. The second-order valence-corrected chi connectivity index (χ2v) is 6.52. The molecule has 0 atom stereocenters. The third kappa shape index (κ3) is 5.81. The second-order valence-electron chi connectivity index (χ2n) is 5.27. The SMILES string of the molecule is CN(C)c1ccc(/C=N/NC(=O)COc2c(Cl)cc(Cl)cc2Cl)cc1. The molecule has 2 aromatic rings. The van der Waals surface area contributed by atoms with Crippen LogP contribution in [0.3, 0.4) is 0 Å². The molecule has 132 valence electrons. The number of hydrogen-bond donors (Lipinski definition) is 1. The predicted molar refractivity (Wildman–Crippen MR) is 103 cm³/mol. The fraction of sp³-hybridized carbons (Fsp3) is 0.176. The Morgan fingerprint density at radius 2 is 1.76 bits per heavy atom. The van der Waals surface area contributed by atoms with Crippen molar-refractivity contribution >= 4 is 52.6 Å². The van der Waals surface area contributed by atoms with Crippen LogP contribution in [0.15, 0.2) is 41.5 Å². The van der Waals surface area contributed by atoms with Crippen LogP contribution in [0.25, 0.3) is 0 Å². The van der Waals surface area contributed by atoms with Crippen LogP contribution in [0.2, 0.25) is 15.1 Å². The van der Waals surface area contributed by atoms with Crippen molar-refractivity contribution in [3.63, 3.8) is 0 Å². The van der Waals surface area contributed by atoms with Crippen LogP contribution in [0.1, 0.15) is 5.56 Å². The van der Waals surface area contributed by atoms with Gasteiger partial charge in [-0.2, -0.15) is 5.10 Å². The van der Waals surface area contributed by atoms with Crippen LogP contribution in [-0.2, 0) is 4.79 Å². The summed E-state index contributed by atoms with van der Waals surface area (Å²) >= 11 is 17.8. The van der Waals surface area contributed by atoms with Crippen molar-refractivity contribution in [3.8, 4) is 5.75 Å². The Kier molecular flexibility index (Phi) is 6.93. The molecule has 0 saturated heterocycles. The number of amides is 1. The van der Waals surface area contributed by atoms with E-state index in [0.717, 1.165) is 11.3 Å². The normalized spacial score (nSPS) is 10.8. The van der Waals surface area contributed by atoms with Gasteiger partial charge in [-0.05, 0) is 29.8 Å². The van der Waals surface area contributed by atoms with Crippen LogP contribution in [0, 0.1) is 0 Å². The van der Waals surface area contributed by atoms with Crippen molar-refractivity contribution in [2.75, 3.05) is 25.6 Å². The minimum Gasteiger partial charge on any atom is -0.481 e. The monoisotopic (exact) mass is 399 g/mol. The lowest BCUT2D eigenvalue weighted by Gasteiger charge is -2.11. The molecule has 0 bridgehead atoms. The number of hydrazone groups is 1. The summed E-state index contributed by atoms with van der Waals surface area (Å²) in [6.45, 7) is -0.280. The van der Waals surface area contributed by atoms with Gasteiger partial charge in [-0.1, -0.05) is 46.9 Å². The van der Waals surface area contributed by atoms with E-state index in [-0.39, 0.29) is 22.4 Å². The van der Waals surface area contributed by atoms with Crippen LogP contribution >= 0.6 is 34.8 Å². The van der Waals surface area contributed by atoms with Gasteiger partial charge in [0.05, 0.1) is 16.3 Å². The average Bonchev–Trinajstić information content (AvgIpc) is 2.54. The zero-order chi connectivity index (χ0) is 18.4. The zero-order valence-corrected chi connectivity index (χ0v) is 15.9. The molecule has 0 unspecified atom stereocenters. The van der Waals surface area contributed by atoms with Crippen LogP contribution in [0.5, 0.6) is 5.75 Å². The van der Waals surface area contributed by atoms with Crippen LogP contribution < -0.4 is 15.1 Å². The van der Waals surface area contributed by atoms with Crippen LogP contribution in [-0.4, -0.2) is 32.8 Å². The van der Waals surface area contributed by atoms with Crippen molar-refractivity contribution in [2.24, 2.45) is 5.10 Å². The lowest BCUT2D eigenvalue weighted by molar-refractivity contribution is -0.123. The number of ether oxygens (including phenoxy) is 1. The Bertz CT molecular complexity index is 754. The van der Waals surface area contributed by atoms with Gasteiger partial charge in [-0.15, -0.1) is 0 Å². The van der Waals surface area contributed by atoms with E-state index < -0.39 is 5.91 Å². The van der Waals surface area contributed by atoms with Gasteiger partial charge in [0.25, 0.3) is 5.91 Å². The Morgan fingerprint density at radius 1 is 1.16 bits per heavy atom. The van der Waals surface area contributed by atoms with Gasteiger partial charge in [0.2, 0.25) is 0 Å². The summed E-state index contributed by atoms with van der Waals surface area (Å²) in [7, 11) is 3.92. The molecule has 25 heavy (non-hydrogen) atoms. The van der Waals surface area contributed by atoms with Gasteiger partial charge in [0, 0.05) is 24.8 Å². The lowest BCUT2D eigenvalue weighted by atomic mass is 10.2. The van der Waals surface area contributed by atoms with Gasteiger partial charge in [0.15, 0.2) is 12.4 Å². The van der Waals surface area contributed by atoms with Gasteiger partial charge in [-0.3, -0.25) is 4.79 Å². The molecule has 1 amide bonds. The number of nitrogens with one attached hydrogen (secondary N) is 1. The molecular formula is C17H16Cl3N3O2. The number of rotatable bonds is 6. The van der Waals surface area contributed by atoms with Crippen molar-refractivity contribution in [1.82, 2.24) is 5.43 Å². The van der Waals surface area contributed by atoms with E-state index in [4.69, 9.17) is 39.5 Å². The number of carbonyl (C=O) groups is 1.